The van der Waals surface area contributed by atoms with E-state index in [0.717, 1.165) is 28.1 Å². The van der Waals surface area contributed by atoms with Gasteiger partial charge in [-0.2, -0.15) is 0 Å². The fourth-order valence-electron chi connectivity index (χ4n) is 8.06. The number of rotatable bonds is 6. The van der Waals surface area contributed by atoms with Crippen molar-refractivity contribution in [3.8, 4) is 0 Å². The molecule has 2 saturated carbocycles. The van der Waals surface area contributed by atoms with Crippen molar-refractivity contribution >= 4 is 40.4 Å². The quantitative estimate of drug-likeness (QED) is 0.187. The zero-order valence-electron chi connectivity index (χ0n) is 29.9. The normalized spacial score (nSPS) is 28.0. The zero-order chi connectivity index (χ0) is 29.6. The summed E-state index contributed by atoms with van der Waals surface area (Å²) in [7, 11) is -5.34. The first-order valence-corrected chi connectivity index (χ1v) is 32.8. The van der Waals surface area contributed by atoms with Crippen molar-refractivity contribution in [3.63, 3.8) is 0 Å². The van der Waals surface area contributed by atoms with Crippen LogP contribution in [0, 0.1) is 57.4 Å². The molecule has 0 saturated heterocycles. The summed E-state index contributed by atoms with van der Waals surface area (Å²) in [5.74, 6) is 0.965. The third-order valence-electron chi connectivity index (χ3n) is 11.2. The topological polar surface area (TPSA) is 0 Å². The van der Waals surface area contributed by atoms with Crippen LogP contribution in [0.1, 0.15) is 73.6 Å². The van der Waals surface area contributed by atoms with Crippen LogP contribution in [0.3, 0.4) is 0 Å². The fourth-order valence-corrected chi connectivity index (χ4v) is 31.4. The van der Waals surface area contributed by atoms with Crippen molar-refractivity contribution in [2.24, 2.45) is 11.3 Å². The van der Waals surface area contributed by atoms with Gasteiger partial charge >= 0.3 is 40.4 Å². The molecule has 0 aromatic rings. The van der Waals surface area contributed by atoms with Crippen molar-refractivity contribution in [1.82, 2.24) is 0 Å². The van der Waals surface area contributed by atoms with Gasteiger partial charge in [-0.3, -0.25) is 0 Å². The van der Waals surface area contributed by atoms with Gasteiger partial charge in [-0.25, -0.2) is 0 Å². The maximum Gasteiger partial charge on any atom is 3.00 e. The maximum absolute atomic E-state index is 2.83. The molecule has 0 N–H and O–H groups in total. The summed E-state index contributed by atoms with van der Waals surface area (Å²) in [6.45, 7) is 48.7. The van der Waals surface area contributed by atoms with Crippen LogP contribution in [0.5, 0.6) is 0 Å². The summed E-state index contributed by atoms with van der Waals surface area (Å²) in [6, 6.07) is 0. The number of hydrogen-bond acceptors (Lipinski definition) is 0. The molecule has 0 heterocycles. The summed E-state index contributed by atoms with van der Waals surface area (Å²) in [6.07, 6.45) is 7.77. The minimum absolute atomic E-state index is 0. The van der Waals surface area contributed by atoms with Crippen molar-refractivity contribution in [3.05, 3.63) is 5.67 Å². The van der Waals surface area contributed by atoms with E-state index in [9.17, 15) is 0 Å². The second-order valence-corrected chi connectivity index (χ2v) is 47.0. The Balaban J connectivity index is 0.00000118. The molecule has 0 spiro atoms. The van der Waals surface area contributed by atoms with E-state index in [1.807, 2.05) is 0 Å². The van der Waals surface area contributed by atoms with Gasteiger partial charge in [0.2, 0.25) is 0 Å². The average molecular weight is 749 g/mol. The molecule has 5 unspecified atom stereocenters. The smallest absolute Gasteiger partial charge is 0.327 e. The molecule has 2 rings (SSSR count). The number of hydrogen-bond donors (Lipinski definition) is 0. The van der Waals surface area contributed by atoms with E-state index >= 15 is 0 Å². The minimum Gasteiger partial charge on any atom is -0.327 e. The molecule has 2 aliphatic rings. The molecule has 1 radical (unpaired) electrons. The second-order valence-electron chi connectivity index (χ2n) is 20.0. The van der Waals surface area contributed by atoms with Crippen LogP contribution in [0.15, 0.2) is 0 Å². The molecule has 0 aromatic carbocycles. The van der Waals surface area contributed by atoms with E-state index in [0.29, 0.717) is 10.5 Å². The molecule has 38 heavy (non-hydrogen) atoms. The molecule has 225 valence electrons. The van der Waals surface area contributed by atoms with Gasteiger partial charge in [0, 0.05) is 8.07 Å². The molecule has 0 bridgehead atoms. The molecule has 2 aliphatic carbocycles. The van der Waals surface area contributed by atoms with Gasteiger partial charge in [-0.05, 0) is 51.4 Å². The van der Waals surface area contributed by atoms with Gasteiger partial charge in [0.25, 0.3) is 0 Å². The summed E-state index contributed by atoms with van der Waals surface area (Å²) in [5, 5.41) is 0.535. The standard InChI is InChI=1S/C25H54Si3.C7H19Si2.Sm/c1-24(2,3)19-14-15-20(16-19)27(10,11)23-18-21(17-22(23)26(7,8)9)28(12,13)25(4,5)6;1-8(2,3)7-9(4,5)6;/h19-23H,14-18H2,1-13H3;7H,1-6H3;/q;-1;+3. The molecule has 0 aromatic heterocycles. The van der Waals surface area contributed by atoms with Crippen LogP contribution < -0.4 is 0 Å². The van der Waals surface area contributed by atoms with Crippen LogP contribution in [-0.4, -0.2) is 40.4 Å². The molecule has 6 heteroatoms. The largest absolute Gasteiger partial charge is 3.00 e. The molecule has 0 aliphatic heterocycles. The Kier molecular flexibility index (Phi) is 14.5. The Morgan fingerprint density at radius 3 is 1.26 bits per heavy atom. The van der Waals surface area contributed by atoms with Crippen LogP contribution >= 0.6 is 0 Å². The first kappa shape index (κ1) is 40.4. The summed E-state index contributed by atoms with van der Waals surface area (Å²) in [5.41, 5.74) is 7.49. The van der Waals surface area contributed by atoms with Gasteiger partial charge in [-0.15, -0.1) is 16.1 Å². The Morgan fingerprint density at radius 2 is 0.974 bits per heavy atom. The van der Waals surface area contributed by atoms with E-state index in [-0.39, 0.29) is 40.4 Å². The van der Waals surface area contributed by atoms with Crippen LogP contribution in [0.2, 0.25) is 112 Å². The van der Waals surface area contributed by atoms with Gasteiger partial charge in [0.1, 0.15) is 0 Å². The SMILES string of the molecule is CC(C)(C)C1CCC([Si](C)(C)C2CC([Si](C)(C)C(C)(C)C)CC2[Si](C)(C)C)C1.C[Si](C)(C)[CH-][Si](C)(C)C.[Sm+3]. The third kappa shape index (κ3) is 11.5. The minimum atomic E-state index is -1.25. The summed E-state index contributed by atoms with van der Waals surface area (Å²) in [4.78, 5) is 0. The molecule has 5 atom stereocenters. The van der Waals surface area contributed by atoms with Crippen molar-refractivity contribution in [1.29, 1.82) is 0 Å². The molecular weight excluding hydrogens is 675 g/mol. The Bertz CT molecular complexity index is 713. The monoisotopic (exact) mass is 749 g/mol. The zero-order valence-corrected chi connectivity index (χ0v) is 37.5. The van der Waals surface area contributed by atoms with Crippen molar-refractivity contribution in [2.75, 3.05) is 0 Å². The third-order valence-corrected chi connectivity index (χ3v) is 32.8. The van der Waals surface area contributed by atoms with Crippen LogP contribution in [0.25, 0.3) is 0 Å². The molecule has 0 nitrogen and oxygen atoms in total. The van der Waals surface area contributed by atoms with E-state index in [1.165, 1.54) is 6.42 Å². The maximum atomic E-state index is 2.83. The van der Waals surface area contributed by atoms with Gasteiger partial charge in [0.15, 0.2) is 0 Å². The fraction of sp³-hybridized carbons (Fsp3) is 0.969. The second kappa shape index (κ2) is 13.6. The Hall–Kier alpha value is 2.42. The first-order valence-electron chi connectivity index (χ1n) is 15.9. The van der Waals surface area contributed by atoms with E-state index in [2.05, 4.69) is 132 Å². The predicted octanol–water partition coefficient (Wildman–Crippen LogP) is 12.6. The van der Waals surface area contributed by atoms with Crippen molar-refractivity contribution < 1.29 is 40.4 Å². The van der Waals surface area contributed by atoms with Crippen molar-refractivity contribution in [2.45, 2.75) is 186 Å². The van der Waals surface area contributed by atoms with Crippen LogP contribution in [0.4, 0.5) is 0 Å². The summed E-state index contributed by atoms with van der Waals surface area (Å²) >= 11 is 0. The predicted molar refractivity (Wildman–Crippen MR) is 190 cm³/mol. The Morgan fingerprint density at radius 1 is 0.553 bits per heavy atom. The van der Waals surface area contributed by atoms with E-state index in [4.69, 9.17) is 0 Å². The molecule has 2 fully saturated rings. The molecular formula is C32H73Si5Sm+2. The average Bonchev–Trinajstić information content (AvgIpc) is 3.26. The van der Waals surface area contributed by atoms with E-state index < -0.39 is 40.4 Å². The summed E-state index contributed by atoms with van der Waals surface area (Å²) < 4.78 is 0. The van der Waals surface area contributed by atoms with Gasteiger partial charge in [-0.1, -0.05) is 146 Å². The van der Waals surface area contributed by atoms with E-state index in [1.54, 1.807) is 25.7 Å². The Labute approximate surface area is 281 Å². The van der Waals surface area contributed by atoms with Gasteiger partial charge in [0.05, 0.1) is 16.1 Å². The van der Waals surface area contributed by atoms with Gasteiger partial charge < -0.3 is 5.67 Å². The molecule has 0 amide bonds. The van der Waals surface area contributed by atoms with Crippen LogP contribution in [-0.2, 0) is 0 Å². The first-order chi connectivity index (χ1) is 16.0.